The Morgan fingerprint density at radius 2 is 1.67 bits per heavy atom. The topological polar surface area (TPSA) is 66.4 Å². The van der Waals surface area contributed by atoms with Gasteiger partial charge in [-0.15, -0.1) is 0 Å². The first kappa shape index (κ1) is 16.2. The lowest BCUT2D eigenvalue weighted by atomic mass is 9.96. The van der Waals surface area contributed by atoms with Crippen molar-refractivity contribution in [3.8, 4) is 0 Å². The third kappa shape index (κ3) is 3.82. The summed E-state index contributed by atoms with van der Waals surface area (Å²) < 4.78 is 0. The Bertz CT molecular complexity index is 718. The van der Waals surface area contributed by atoms with Gasteiger partial charge in [0.25, 0.3) is 0 Å². The molecule has 0 saturated heterocycles. The van der Waals surface area contributed by atoms with Crippen LogP contribution in [0.1, 0.15) is 40.7 Å². The van der Waals surface area contributed by atoms with Crippen LogP contribution in [0.4, 0.5) is 0 Å². The Hall–Kier alpha value is -2.62. The Morgan fingerprint density at radius 3 is 2.25 bits per heavy atom. The van der Waals surface area contributed by atoms with Crippen LogP contribution in [-0.2, 0) is 16.6 Å². The van der Waals surface area contributed by atoms with Gasteiger partial charge in [-0.3, -0.25) is 4.79 Å². The molecule has 24 heavy (non-hydrogen) atoms. The van der Waals surface area contributed by atoms with Crippen LogP contribution in [0.25, 0.3) is 0 Å². The van der Waals surface area contributed by atoms with Crippen molar-refractivity contribution in [2.45, 2.75) is 31.1 Å². The summed E-state index contributed by atoms with van der Waals surface area (Å²) in [6.07, 6.45) is 3.27. The monoisotopic (exact) mass is 323 g/mol. The largest absolute Gasteiger partial charge is 0.478 e. The van der Waals surface area contributed by atoms with Crippen LogP contribution < -0.4 is 5.32 Å². The Labute approximate surface area is 141 Å². The summed E-state index contributed by atoms with van der Waals surface area (Å²) in [5, 5.41) is 11.9. The van der Waals surface area contributed by atoms with Crippen molar-refractivity contribution in [2.24, 2.45) is 0 Å². The van der Waals surface area contributed by atoms with Crippen molar-refractivity contribution in [2.75, 3.05) is 6.54 Å². The summed E-state index contributed by atoms with van der Waals surface area (Å²) in [5.41, 5.74) is 2.66. The standard InChI is InChI=1S/C20H21NO3/c22-18(11-8-15-6-9-16(10-7-15)19(23)24)21-14-20(12-13-20)17-4-2-1-3-5-17/h1-7,9-10H,8,11-14H2,(H,21,22)(H,23,24). The lowest BCUT2D eigenvalue weighted by Gasteiger charge is -2.16. The number of hydrogen-bond donors (Lipinski definition) is 2. The summed E-state index contributed by atoms with van der Waals surface area (Å²) in [6, 6.07) is 17.0. The molecule has 0 unspecified atom stereocenters. The van der Waals surface area contributed by atoms with E-state index >= 15 is 0 Å². The van der Waals surface area contributed by atoms with Gasteiger partial charge in [0.05, 0.1) is 5.56 Å². The number of benzene rings is 2. The predicted octanol–water partition coefficient (Wildman–Crippen LogP) is 3.17. The number of carboxylic acids is 1. The van der Waals surface area contributed by atoms with Gasteiger partial charge in [0.2, 0.25) is 5.91 Å². The average Bonchev–Trinajstić information content (AvgIpc) is 3.40. The number of carbonyl (C=O) groups excluding carboxylic acids is 1. The molecule has 4 heteroatoms. The molecule has 0 bridgehead atoms. The molecule has 1 saturated carbocycles. The van der Waals surface area contributed by atoms with Crippen molar-refractivity contribution < 1.29 is 14.7 Å². The summed E-state index contributed by atoms with van der Waals surface area (Å²) in [5.74, 6) is -0.894. The first-order valence-corrected chi connectivity index (χ1v) is 8.24. The third-order valence-corrected chi connectivity index (χ3v) is 4.71. The highest BCUT2D eigenvalue weighted by molar-refractivity contribution is 5.87. The van der Waals surface area contributed by atoms with Crippen molar-refractivity contribution in [3.05, 3.63) is 71.3 Å². The molecule has 0 aromatic heterocycles. The number of carboxylic acid groups (broad SMARTS) is 1. The molecule has 2 aromatic rings. The molecule has 0 heterocycles. The molecule has 0 atom stereocenters. The molecule has 2 aromatic carbocycles. The zero-order valence-electron chi connectivity index (χ0n) is 13.5. The van der Waals surface area contributed by atoms with E-state index < -0.39 is 5.97 Å². The molecular formula is C20H21NO3. The average molecular weight is 323 g/mol. The minimum Gasteiger partial charge on any atom is -0.478 e. The first-order chi connectivity index (χ1) is 11.6. The molecule has 2 N–H and O–H groups in total. The van der Waals surface area contributed by atoms with Crippen molar-refractivity contribution in [3.63, 3.8) is 0 Å². The highest BCUT2D eigenvalue weighted by Crippen LogP contribution is 2.47. The number of aryl methyl sites for hydroxylation is 1. The molecule has 0 aliphatic heterocycles. The minimum atomic E-state index is -0.935. The maximum absolute atomic E-state index is 12.1. The zero-order chi connectivity index (χ0) is 17.0. The van der Waals surface area contributed by atoms with Gasteiger partial charge >= 0.3 is 5.97 Å². The number of carbonyl (C=O) groups is 2. The third-order valence-electron chi connectivity index (χ3n) is 4.71. The SMILES string of the molecule is O=C(CCc1ccc(C(=O)O)cc1)NCC1(c2ccccc2)CC1. The van der Waals surface area contributed by atoms with Gasteiger partial charge in [-0.05, 0) is 42.5 Å². The van der Waals surface area contributed by atoms with Crippen LogP contribution in [0.5, 0.6) is 0 Å². The van der Waals surface area contributed by atoms with Crippen molar-refractivity contribution >= 4 is 11.9 Å². The Balaban J connectivity index is 1.47. The van der Waals surface area contributed by atoms with E-state index in [1.54, 1.807) is 24.3 Å². The fraction of sp³-hybridized carbons (Fsp3) is 0.300. The van der Waals surface area contributed by atoms with Gasteiger partial charge in [-0.25, -0.2) is 4.79 Å². The molecule has 0 radical (unpaired) electrons. The van der Waals surface area contributed by atoms with Gasteiger partial charge < -0.3 is 10.4 Å². The normalized spacial score (nSPS) is 14.8. The second-order valence-corrected chi connectivity index (χ2v) is 6.43. The Morgan fingerprint density at radius 1 is 1.00 bits per heavy atom. The van der Waals surface area contributed by atoms with E-state index in [0.717, 1.165) is 18.4 Å². The lowest BCUT2D eigenvalue weighted by molar-refractivity contribution is -0.121. The quantitative estimate of drug-likeness (QED) is 0.822. The zero-order valence-corrected chi connectivity index (χ0v) is 13.5. The molecule has 0 spiro atoms. The van der Waals surface area contributed by atoms with Gasteiger partial charge in [-0.2, -0.15) is 0 Å². The number of rotatable bonds is 7. The van der Waals surface area contributed by atoms with Crippen LogP contribution >= 0.6 is 0 Å². The summed E-state index contributed by atoms with van der Waals surface area (Å²) in [4.78, 5) is 22.9. The summed E-state index contributed by atoms with van der Waals surface area (Å²) >= 11 is 0. The first-order valence-electron chi connectivity index (χ1n) is 8.24. The number of amides is 1. The fourth-order valence-electron chi connectivity index (χ4n) is 2.94. The molecule has 1 aliphatic rings. The maximum Gasteiger partial charge on any atom is 0.335 e. The van der Waals surface area contributed by atoms with Crippen LogP contribution in [0.2, 0.25) is 0 Å². The number of nitrogens with one attached hydrogen (secondary N) is 1. The van der Waals surface area contributed by atoms with Gasteiger partial charge in [0.15, 0.2) is 0 Å². The molecule has 4 nitrogen and oxygen atoms in total. The van der Waals surface area contributed by atoms with Crippen LogP contribution in [0.15, 0.2) is 54.6 Å². The van der Waals surface area contributed by atoms with E-state index in [4.69, 9.17) is 5.11 Å². The van der Waals surface area contributed by atoms with E-state index in [1.807, 2.05) is 18.2 Å². The van der Waals surface area contributed by atoms with Gasteiger partial charge in [0.1, 0.15) is 0 Å². The highest BCUT2D eigenvalue weighted by atomic mass is 16.4. The lowest BCUT2D eigenvalue weighted by Crippen LogP contribution is -2.32. The van der Waals surface area contributed by atoms with E-state index in [9.17, 15) is 9.59 Å². The number of aromatic carboxylic acids is 1. The van der Waals surface area contributed by atoms with Crippen molar-refractivity contribution in [1.29, 1.82) is 0 Å². The predicted molar refractivity (Wildman–Crippen MR) is 92.1 cm³/mol. The van der Waals surface area contributed by atoms with Crippen LogP contribution in [0.3, 0.4) is 0 Å². The van der Waals surface area contributed by atoms with E-state index in [2.05, 4.69) is 17.4 Å². The molecule has 1 fully saturated rings. The van der Waals surface area contributed by atoms with E-state index in [-0.39, 0.29) is 16.9 Å². The second kappa shape index (κ2) is 6.87. The summed E-state index contributed by atoms with van der Waals surface area (Å²) in [7, 11) is 0. The molecule has 1 amide bonds. The minimum absolute atomic E-state index is 0.0412. The van der Waals surface area contributed by atoms with Crippen molar-refractivity contribution in [1.82, 2.24) is 5.32 Å². The highest BCUT2D eigenvalue weighted by Gasteiger charge is 2.44. The number of hydrogen-bond acceptors (Lipinski definition) is 2. The smallest absolute Gasteiger partial charge is 0.335 e. The van der Waals surface area contributed by atoms with E-state index in [1.165, 1.54) is 5.56 Å². The molecule has 1 aliphatic carbocycles. The molecule has 124 valence electrons. The maximum atomic E-state index is 12.1. The summed E-state index contributed by atoms with van der Waals surface area (Å²) in [6.45, 7) is 0.688. The second-order valence-electron chi connectivity index (χ2n) is 6.43. The molecular weight excluding hydrogens is 302 g/mol. The fourth-order valence-corrected chi connectivity index (χ4v) is 2.94. The molecule has 3 rings (SSSR count). The van der Waals surface area contributed by atoms with Gasteiger partial charge in [-0.1, -0.05) is 42.5 Å². The van der Waals surface area contributed by atoms with Crippen LogP contribution in [0, 0.1) is 0 Å². The van der Waals surface area contributed by atoms with Gasteiger partial charge in [0, 0.05) is 18.4 Å². The Kier molecular flexibility index (Phi) is 4.65. The van der Waals surface area contributed by atoms with E-state index in [0.29, 0.717) is 19.4 Å². The van der Waals surface area contributed by atoms with Crippen LogP contribution in [-0.4, -0.2) is 23.5 Å².